The molecular formula is C32H40N4O3S. The summed E-state index contributed by atoms with van der Waals surface area (Å²) < 4.78 is 1.11. The van der Waals surface area contributed by atoms with Gasteiger partial charge in [0.15, 0.2) is 0 Å². The number of hydrogen-bond acceptors (Lipinski definition) is 5. The normalized spacial score (nSPS) is 15.5. The van der Waals surface area contributed by atoms with Crippen LogP contribution in [0.15, 0.2) is 54.7 Å². The predicted molar refractivity (Wildman–Crippen MR) is 165 cm³/mol. The molecule has 7 nitrogen and oxygen atoms in total. The molecule has 2 aromatic carbocycles. The van der Waals surface area contributed by atoms with Crippen molar-refractivity contribution in [2.45, 2.75) is 52.5 Å². The van der Waals surface area contributed by atoms with Gasteiger partial charge in [-0.15, -0.1) is 11.3 Å². The summed E-state index contributed by atoms with van der Waals surface area (Å²) in [6, 6.07) is 16.8. The molecule has 3 heterocycles. The minimum atomic E-state index is -0.757. The average Bonchev–Trinajstić information content (AvgIpc) is 3.56. The van der Waals surface area contributed by atoms with E-state index in [9.17, 15) is 14.7 Å². The maximum atomic E-state index is 13.4. The van der Waals surface area contributed by atoms with Gasteiger partial charge in [0.05, 0.1) is 10.3 Å². The zero-order valence-corrected chi connectivity index (χ0v) is 24.5. The van der Waals surface area contributed by atoms with Crippen LogP contribution in [0.25, 0.3) is 21.0 Å². The van der Waals surface area contributed by atoms with Gasteiger partial charge in [0.2, 0.25) is 0 Å². The smallest absolute Gasteiger partial charge is 0.310 e. The number of carbonyl (C=O) groups excluding carboxylic acids is 1. The zero-order chi connectivity index (χ0) is 28.3. The number of thiophene rings is 1. The molecule has 2 aromatic heterocycles. The second kappa shape index (κ2) is 12.0. The Morgan fingerprint density at radius 3 is 2.62 bits per heavy atom. The standard InChI is InChI=1S/C32H40N4O3S/c1-4-5-8-24(17-23-20-33-27-10-7-6-9-26(23)27)34-30(37)29-18-22-11-12-25(19-28(22)40-29)36-15-13-35(14-16-36)21-32(2,3)31(38)39/h6-7,9-12,18-20,24,33H,4-5,8,13-17,21H2,1-3H3,(H,34,37)(H,38,39). The van der Waals surface area contributed by atoms with Crippen LogP contribution in [-0.2, 0) is 11.2 Å². The van der Waals surface area contributed by atoms with E-state index in [2.05, 4.69) is 69.6 Å². The van der Waals surface area contributed by atoms with E-state index in [-0.39, 0.29) is 11.9 Å². The molecule has 8 heteroatoms. The average molecular weight is 561 g/mol. The number of carboxylic acids is 1. The summed E-state index contributed by atoms with van der Waals surface area (Å²) in [6.45, 7) is 9.69. The Balaban J connectivity index is 1.24. The third kappa shape index (κ3) is 6.34. The molecule has 212 valence electrons. The second-order valence-corrected chi connectivity index (χ2v) is 12.7. The number of aliphatic carboxylic acids is 1. The molecular weight excluding hydrogens is 520 g/mol. The van der Waals surface area contributed by atoms with E-state index in [1.165, 1.54) is 10.9 Å². The van der Waals surface area contributed by atoms with E-state index in [4.69, 9.17) is 0 Å². The molecule has 1 saturated heterocycles. The largest absolute Gasteiger partial charge is 0.481 e. The lowest BCUT2D eigenvalue weighted by Gasteiger charge is -2.38. The number of hydrogen-bond donors (Lipinski definition) is 3. The van der Waals surface area contributed by atoms with E-state index >= 15 is 0 Å². The summed E-state index contributed by atoms with van der Waals surface area (Å²) in [4.78, 5) is 33.6. The van der Waals surface area contributed by atoms with Crippen LogP contribution in [0.2, 0.25) is 0 Å². The van der Waals surface area contributed by atoms with Crippen LogP contribution in [0.4, 0.5) is 5.69 Å². The molecule has 1 aliphatic rings. The highest BCUT2D eigenvalue weighted by molar-refractivity contribution is 7.20. The number of amides is 1. The molecule has 1 unspecified atom stereocenters. The van der Waals surface area contributed by atoms with Crippen molar-refractivity contribution in [2.24, 2.45) is 5.41 Å². The molecule has 1 atom stereocenters. The van der Waals surface area contributed by atoms with Crippen molar-refractivity contribution in [3.05, 3.63) is 65.2 Å². The molecule has 3 N–H and O–H groups in total. The summed E-state index contributed by atoms with van der Waals surface area (Å²) >= 11 is 1.55. The van der Waals surface area contributed by atoms with Crippen LogP contribution in [0.1, 0.15) is 55.3 Å². The van der Waals surface area contributed by atoms with Gasteiger partial charge >= 0.3 is 5.97 Å². The summed E-state index contributed by atoms with van der Waals surface area (Å²) in [5.41, 5.74) is 2.77. The molecule has 40 heavy (non-hydrogen) atoms. The Morgan fingerprint density at radius 2 is 1.88 bits per heavy atom. The number of piperazine rings is 1. The first-order valence-electron chi connectivity index (χ1n) is 14.3. The van der Waals surface area contributed by atoms with Crippen molar-refractivity contribution in [3.63, 3.8) is 0 Å². The van der Waals surface area contributed by atoms with Gasteiger partial charge in [-0.25, -0.2) is 0 Å². The first-order valence-corrected chi connectivity index (χ1v) is 15.2. The molecule has 0 radical (unpaired) electrons. The predicted octanol–water partition coefficient (Wildman–Crippen LogP) is 6.15. The fourth-order valence-electron chi connectivity index (χ4n) is 5.62. The van der Waals surface area contributed by atoms with Crippen LogP contribution >= 0.6 is 11.3 Å². The maximum Gasteiger partial charge on any atom is 0.310 e. The van der Waals surface area contributed by atoms with Gasteiger partial charge in [-0.1, -0.05) is 44.0 Å². The summed E-state index contributed by atoms with van der Waals surface area (Å²) in [5, 5.41) is 15.1. The number of anilines is 1. The fourth-order valence-corrected chi connectivity index (χ4v) is 6.62. The number of fused-ring (bicyclic) bond motifs is 2. The van der Waals surface area contributed by atoms with Gasteiger partial charge in [0, 0.05) is 66.3 Å². The lowest BCUT2D eigenvalue weighted by molar-refractivity contribution is -0.148. The summed E-state index contributed by atoms with van der Waals surface area (Å²) in [5.74, 6) is -0.758. The Labute approximate surface area is 240 Å². The Bertz CT molecular complexity index is 1480. The number of para-hydroxylation sites is 1. The molecule has 5 rings (SSSR count). The SMILES string of the molecule is CCCCC(Cc1c[nH]c2ccccc12)NC(=O)c1cc2ccc(N3CCN(CC(C)(C)C(=O)O)CC3)cc2s1. The molecule has 0 aliphatic carbocycles. The van der Waals surface area contributed by atoms with Crippen LogP contribution in [-0.4, -0.2) is 65.6 Å². The molecule has 0 spiro atoms. The Morgan fingerprint density at radius 1 is 1.10 bits per heavy atom. The topological polar surface area (TPSA) is 88.7 Å². The number of H-pyrrole nitrogens is 1. The van der Waals surface area contributed by atoms with Gasteiger partial charge in [-0.3, -0.25) is 14.5 Å². The molecule has 4 aromatic rings. The number of aromatic amines is 1. The summed E-state index contributed by atoms with van der Waals surface area (Å²) in [6.07, 6.45) is 6.00. The molecule has 0 saturated carbocycles. The number of unbranched alkanes of at least 4 members (excludes halogenated alkanes) is 1. The van der Waals surface area contributed by atoms with Crippen molar-refractivity contribution in [1.29, 1.82) is 0 Å². The van der Waals surface area contributed by atoms with E-state index in [1.807, 2.05) is 12.1 Å². The second-order valence-electron chi connectivity index (χ2n) is 11.7. The fraction of sp³-hybridized carbons (Fsp3) is 0.438. The minimum absolute atomic E-state index is 0.00152. The zero-order valence-electron chi connectivity index (χ0n) is 23.7. The van der Waals surface area contributed by atoms with Crippen molar-refractivity contribution in [2.75, 3.05) is 37.6 Å². The molecule has 1 aliphatic heterocycles. The number of carboxylic acid groups (broad SMARTS) is 1. The number of benzene rings is 2. The maximum absolute atomic E-state index is 13.4. The van der Waals surface area contributed by atoms with Crippen molar-refractivity contribution in [3.8, 4) is 0 Å². The number of carbonyl (C=O) groups is 2. The van der Waals surface area contributed by atoms with Gasteiger partial charge in [-0.2, -0.15) is 0 Å². The first kappa shape index (κ1) is 28.2. The van der Waals surface area contributed by atoms with Gasteiger partial charge in [-0.05, 0) is 61.9 Å². The lowest BCUT2D eigenvalue weighted by atomic mass is 9.93. The summed E-state index contributed by atoms with van der Waals surface area (Å²) in [7, 11) is 0. The van der Waals surface area contributed by atoms with Crippen LogP contribution in [0, 0.1) is 5.41 Å². The van der Waals surface area contributed by atoms with E-state index in [0.29, 0.717) is 6.54 Å². The molecule has 1 amide bonds. The Kier molecular flexibility index (Phi) is 8.47. The number of nitrogens with zero attached hydrogens (tertiary/aromatic N) is 2. The third-order valence-electron chi connectivity index (χ3n) is 8.05. The monoisotopic (exact) mass is 560 g/mol. The van der Waals surface area contributed by atoms with Crippen molar-refractivity contribution in [1.82, 2.24) is 15.2 Å². The first-order chi connectivity index (χ1) is 19.2. The molecule has 0 bridgehead atoms. The highest BCUT2D eigenvalue weighted by Crippen LogP contribution is 2.31. The minimum Gasteiger partial charge on any atom is -0.481 e. The van der Waals surface area contributed by atoms with Crippen LogP contribution in [0.3, 0.4) is 0 Å². The molecule has 1 fully saturated rings. The highest BCUT2D eigenvalue weighted by atomic mass is 32.1. The van der Waals surface area contributed by atoms with E-state index < -0.39 is 11.4 Å². The number of nitrogens with one attached hydrogen (secondary N) is 2. The van der Waals surface area contributed by atoms with Gasteiger partial charge in [0.1, 0.15) is 0 Å². The van der Waals surface area contributed by atoms with E-state index in [0.717, 1.165) is 78.0 Å². The van der Waals surface area contributed by atoms with Gasteiger partial charge in [0.25, 0.3) is 5.91 Å². The van der Waals surface area contributed by atoms with Gasteiger partial charge < -0.3 is 20.3 Å². The van der Waals surface area contributed by atoms with Crippen molar-refractivity contribution < 1.29 is 14.7 Å². The van der Waals surface area contributed by atoms with Crippen LogP contribution in [0.5, 0.6) is 0 Å². The lowest BCUT2D eigenvalue weighted by Crippen LogP contribution is -2.50. The number of rotatable bonds is 11. The Hall–Kier alpha value is -3.36. The number of aromatic nitrogens is 1. The van der Waals surface area contributed by atoms with E-state index in [1.54, 1.807) is 25.2 Å². The van der Waals surface area contributed by atoms with Crippen LogP contribution < -0.4 is 10.2 Å². The van der Waals surface area contributed by atoms with Crippen molar-refractivity contribution >= 4 is 49.9 Å². The quantitative estimate of drug-likeness (QED) is 0.205. The highest BCUT2D eigenvalue weighted by Gasteiger charge is 2.31. The third-order valence-corrected chi connectivity index (χ3v) is 9.14.